The van der Waals surface area contributed by atoms with E-state index in [2.05, 4.69) is 0 Å². The van der Waals surface area contributed by atoms with Crippen LogP contribution < -0.4 is 4.74 Å². The third-order valence-electron chi connectivity index (χ3n) is 4.20. The molecule has 0 bridgehead atoms. The van der Waals surface area contributed by atoms with Crippen molar-refractivity contribution in [3.05, 3.63) is 29.8 Å². The molecule has 0 N–H and O–H groups in total. The van der Waals surface area contributed by atoms with E-state index in [4.69, 9.17) is 28.4 Å². The molecule has 32 heavy (non-hydrogen) atoms. The van der Waals surface area contributed by atoms with Gasteiger partial charge in [-0.2, -0.15) is 5.26 Å². The fourth-order valence-corrected chi connectivity index (χ4v) is 3.07. The second kappa shape index (κ2) is 11.1. The molecule has 0 saturated carbocycles. The zero-order valence-corrected chi connectivity index (χ0v) is 17.9. The topological polar surface area (TPSA) is 147 Å². The Kier molecular flexibility index (Phi) is 8.54. The van der Waals surface area contributed by atoms with Gasteiger partial charge in [-0.25, -0.2) is 0 Å². The fraction of sp³-hybridized carbons (Fsp3) is 0.476. The molecule has 1 aromatic rings. The quantitative estimate of drug-likeness (QED) is 0.434. The molecule has 0 radical (unpaired) electrons. The van der Waals surface area contributed by atoms with Crippen LogP contribution in [0.1, 0.15) is 33.3 Å². The van der Waals surface area contributed by atoms with Crippen molar-refractivity contribution in [2.24, 2.45) is 0 Å². The average Bonchev–Trinajstić information content (AvgIpc) is 2.70. The number of nitriles is 1. The molecule has 0 aliphatic carbocycles. The van der Waals surface area contributed by atoms with Gasteiger partial charge >= 0.3 is 23.9 Å². The van der Waals surface area contributed by atoms with E-state index in [-0.39, 0.29) is 17.9 Å². The number of nitrogens with zero attached hydrogens (tertiary/aromatic N) is 1. The fourth-order valence-electron chi connectivity index (χ4n) is 3.07. The van der Waals surface area contributed by atoms with E-state index >= 15 is 0 Å². The van der Waals surface area contributed by atoms with Crippen LogP contribution in [-0.4, -0.2) is 61.2 Å². The average molecular weight is 449 g/mol. The summed E-state index contributed by atoms with van der Waals surface area (Å²) in [5, 5.41) is 9.33. The second-order valence-electron chi connectivity index (χ2n) is 6.79. The molecule has 0 amide bonds. The van der Waals surface area contributed by atoms with Gasteiger partial charge in [0.15, 0.2) is 12.2 Å². The van der Waals surface area contributed by atoms with Gasteiger partial charge in [0.25, 0.3) is 0 Å². The lowest BCUT2D eigenvalue weighted by Gasteiger charge is -2.43. The molecule has 1 aliphatic heterocycles. The first-order valence-electron chi connectivity index (χ1n) is 9.58. The summed E-state index contributed by atoms with van der Waals surface area (Å²) >= 11 is 0. The van der Waals surface area contributed by atoms with Crippen LogP contribution in [0, 0.1) is 11.3 Å². The number of benzene rings is 1. The number of ether oxygens (including phenoxy) is 6. The molecule has 1 saturated heterocycles. The highest BCUT2D eigenvalue weighted by Gasteiger charge is 2.53. The van der Waals surface area contributed by atoms with Gasteiger partial charge in [0.05, 0.1) is 5.56 Å². The van der Waals surface area contributed by atoms with Gasteiger partial charge in [0.2, 0.25) is 12.4 Å². The Morgan fingerprint density at radius 2 is 1.44 bits per heavy atom. The minimum atomic E-state index is -1.40. The summed E-state index contributed by atoms with van der Waals surface area (Å²) in [6.07, 6.45) is -6.55. The summed E-state index contributed by atoms with van der Waals surface area (Å²) < 4.78 is 32.5. The van der Waals surface area contributed by atoms with Crippen LogP contribution >= 0.6 is 0 Å². The lowest BCUT2D eigenvalue weighted by Crippen LogP contribution is -2.63. The Balaban J connectivity index is 2.49. The summed E-state index contributed by atoms with van der Waals surface area (Å²) in [7, 11) is 0. The Bertz CT molecular complexity index is 908. The Morgan fingerprint density at radius 3 is 2.00 bits per heavy atom. The smallest absolute Gasteiger partial charge is 0.303 e. The summed E-state index contributed by atoms with van der Waals surface area (Å²) in [5.74, 6) is -2.77. The van der Waals surface area contributed by atoms with Crippen molar-refractivity contribution in [1.82, 2.24) is 0 Å². The lowest BCUT2D eigenvalue weighted by atomic mass is 9.98. The van der Waals surface area contributed by atoms with Gasteiger partial charge in [-0.3, -0.25) is 19.2 Å². The van der Waals surface area contributed by atoms with Crippen LogP contribution in [0.4, 0.5) is 0 Å². The Labute approximate surface area is 184 Å². The van der Waals surface area contributed by atoms with Crippen LogP contribution in [0.3, 0.4) is 0 Å². The van der Waals surface area contributed by atoms with Crippen molar-refractivity contribution < 1.29 is 47.6 Å². The van der Waals surface area contributed by atoms with Gasteiger partial charge < -0.3 is 28.4 Å². The summed E-state index contributed by atoms with van der Waals surface area (Å²) in [4.78, 5) is 46.6. The molecule has 1 aromatic carbocycles. The first-order valence-corrected chi connectivity index (χ1v) is 9.58. The number of rotatable bonds is 7. The Hall–Kier alpha value is -3.65. The van der Waals surface area contributed by atoms with Crippen molar-refractivity contribution in [3.63, 3.8) is 0 Å². The third-order valence-corrected chi connectivity index (χ3v) is 4.20. The van der Waals surface area contributed by atoms with Gasteiger partial charge in [-0.1, -0.05) is 12.1 Å². The van der Waals surface area contributed by atoms with Crippen molar-refractivity contribution in [1.29, 1.82) is 5.26 Å². The van der Waals surface area contributed by atoms with Crippen molar-refractivity contribution in [2.45, 2.75) is 58.4 Å². The van der Waals surface area contributed by atoms with Crippen LogP contribution in [-0.2, 0) is 42.9 Å². The number of hydrogen-bond acceptors (Lipinski definition) is 11. The standard InChI is InChI=1S/C21H23NO10/c1-11(23)27-10-17-18(28-12(2)24)19(29-13(3)25)20(30-14(4)26)21(32-17)31-16-8-6-5-7-15(16)9-22/h5-8,17-21H,10H2,1-4H3/t17-,18-,19+,20+,21+/m1/s1. The first-order chi connectivity index (χ1) is 15.1. The minimum Gasteiger partial charge on any atom is -0.463 e. The predicted molar refractivity (Wildman–Crippen MR) is 104 cm³/mol. The van der Waals surface area contributed by atoms with Crippen LogP contribution in [0.2, 0.25) is 0 Å². The number of hydrogen-bond donors (Lipinski definition) is 0. The van der Waals surface area contributed by atoms with E-state index in [0.717, 1.165) is 20.8 Å². The molecule has 5 atom stereocenters. The van der Waals surface area contributed by atoms with E-state index in [1.165, 1.54) is 19.1 Å². The van der Waals surface area contributed by atoms with E-state index in [0.29, 0.717) is 0 Å². The maximum absolute atomic E-state index is 11.8. The highest BCUT2D eigenvalue weighted by Crippen LogP contribution is 2.31. The molecule has 11 heteroatoms. The predicted octanol–water partition coefficient (Wildman–Crippen LogP) is 1.02. The molecule has 0 unspecified atom stereocenters. The third kappa shape index (κ3) is 6.68. The zero-order chi connectivity index (χ0) is 23.8. The maximum atomic E-state index is 11.8. The maximum Gasteiger partial charge on any atom is 0.303 e. The molecular formula is C21H23NO10. The number of carbonyl (C=O) groups excluding carboxylic acids is 4. The zero-order valence-electron chi connectivity index (χ0n) is 17.9. The van der Waals surface area contributed by atoms with Crippen molar-refractivity contribution in [3.8, 4) is 11.8 Å². The van der Waals surface area contributed by atoms with Gasteiger partial charge in [0, 0.05) is 27.7 Å². The number of para-hydroxylation sites is 1. The molecule has 0 aromatic heterocycles. The summed E-state index contributed by atoms with van der Waals surface area (Å²) in [6.45, 7) is 4.16. The van der Waals surface area contributed by atoms with Crippen LogP contribution in [0.25, 0.3) is 0 Å². The highest BCUT2D eigenvalue weighted by molar-refractivity contribution is 5.68. The number of esters is 4. The summed E-state index contributed by atoms with van der Waals surface area (Å²) in [5.41, 5.74) is 0.167. The minimum absolute atomic E-state index is 0.107. The van der Waals surface area contributed by atoms with E-state index in [9.17, 15) is 24.4 Å². The highest BCUT2D eigenvalue weighted by atomic mass is 16.7. The molecule has 0 spiro atoms. The van der Waals surface area contributed by atoms with Gasteiger partial charge in [0.1, 0.15) is 24.5 Å². The van der Waals surface area contributed by atoms with Crippen LogP contribution in [0.5, 0.6) is 5.75 Å². The molecule has 172 valence electrons. The van der Waals surface area contributed by atoms with Crippen molar-refractivity contribution >= 4 is 23.9 Å². The molecule has 1 aliphatic rings. The molecule has 1 fully saturated rings. The van der Waals surface area contributed by atoms with Gasteiger partial charge in [-0.15, -0.1) is 0 Å². The van der Waals surface area contributed by atoms with E-state index in [1.807, 2.05) is 6.07 Å². The molecule has 1 heterocycles. The molecular weight excluding hydrogens is 426 g/mol. The molecule has 11 nitrogen and oxygen atoms in total. The second-order valence-corrected chi connectivity index (χ2v) is 6.79. The van der Waals surface area contributed by atoms with E-state index < -0.39 is 54.6 Å². The normalized spacial score (nSPS) is 24.4. The molecule has 2 rings (SSSR count). The summed E-state index contributed by atoms with van der Waals surface area (Å²) in [6, 6.07) is 8.19. The monoisotopic (exact) mass is 449 g/mol. The van der Waals surface area contributed by atoms with Crippen LogP contribution in [0.15, 0.2) is 24.3 Å². The SMILES string of the molecule is CC(=O)OC[C@H]1O[C@H](Oc2ccccc2C#N)[C@@H](OC(C)=O)[C@@H](OC(C)=O)[C@@H]1OC(C)=O. The van der Waals surface area contributed by atoms with E-state index in [1.54, 1.807) is 12.1 Å². The largest absolute Gasteiger partial charge is 0.463 e. The van der Waals surface area contributed by atoms with Gasteiger partial charge in [-0.05, 0) is 12.1 Å². The van der Waals surface area contributed by atoms with Crippen molar-refractivity contribution in [2.75, 3.05) is 6.61 Å². The Morgan fingerprint density at radius 1 is 0.875 bits per heavy atom. The number of carbonyl (C=O) groups is 4. The lowest BCUT2D eigenvalue weighted by molar-refractivity contribution is -0.288. The first kappa shape index (κ1) is 24.6.